The molecular formula is C23H23N3O3. The van der Waals surface area contributed by atoms with Crippen LogP contribution in [0.4, 0.5) is 11.4 Å². The van der Waals surface area contributed by atoms with Gasteiger partial charge in [-0.05, 0) is 47.5 Å². The first kappa shape index (κ1) is 18.0. The number of carbonyl (C=O) groups excluding carboxylic acids is 1. The van der Waals surface area contributed by atoms with E-state index in [0.29, 0.717) is 23.0 Å². The standard InChI is InChI=1S/C23H23N3O3/c24-21-10-17(15-2-1-3-15)6-9-22(21)25-23(27)16-4-7-19(8-5-16)29-20-11-26(12-20)18-13-28-14-18/h1-10,18,20H,11-14,24H2,(H,25,27). The number of nitrogens with two attached hydrogens (primary N) is 1. The van der Waals surface area contributed by atoms with Gasteiger partial charge in [0.25, 0.3) is 5.91 Å². The zero-order valence-corrected chi connectivity index (χ0v) is 16.0. The predicted molar refractivity (Wildman–Crippen MR) is 113 cm³/mol. The lowest BCUT2D eigenvalue weighted by molar-refractivity contribution is -0.115. The quantitative estimate of drug-likeness (QED) is 0.743. The van der Waals surface area contributed by atoms with E-state index in [1.54, 1.807) is 12.1 Å². The number of nitrogen functional groups attached to an aromatic ring is 1. The molecule has 3 N–H and O–H groups in total. The summed E-state index contributed by atoms with van der Waals surface area (Å²) in [5.41, 5.74) is 10.0. The summed E-state index contributed by atoms with van der Waals surface area (Å²) in [5.74, 6) is 0.584. The summed E-state index contributed by atoms with van der Waals surface area (Å²) < 4.78 is 11.2. The van der Waals surface area contributed by atoms with E-state index in [1.165, 1.54) is 0 Å². The molecule has 5 rings (SSSR count). The lowest BCUT2D eigenvalue weighted by atomic mass is 9.98. The number of rotatable bonds is 6. The van der Waals surface area contributed by atoms with E-state index in [9.17, 15) is 4.79 Å². The van der Waals surface area contributed by atoms with Gasteiger partial charge in [0.2, 0.25) is 0 Å². The van der Waals surface area contributed by atoms with E-state index in [0.717, 1.165) is 43.2 Å². The Morgan fingerprint density at radius 1 is 1.14 bits per heavy atom. The number of ether oxygens (including phenoxy) is 2. The van der Waals surface area contributed by atoms with Crippen molar-refractivity contribution in [3.05, 3.63) is 71.8 Å². The number of hydrogen-bond donors (Lipinski definition) is 2. The van der Waals surface area contributed by atoms with Crippen LogP contribution in [0.5, 0.6) is 5.75 Å². The Morgan fingerprint density at radius 2 is 1.90 bits per heavy atom. The topological polar surface area (TPSA) is 76.8 Å². The van der Waals surface area contributed by atoms with E-state index in [4.69, 9.17) is 15.2 Å². The number of hydrogen-bond acceptors (Lipinski definition) is 5. The molecule has 0 radical (unpaired) electrons. The molecule has 6 heteroatoms. The van der Waals surface area contributed by atoms with Crippen molar-refractivity contribution < 1.29 is 14.3 Å². The molecule has 0 spiro atoms. The Labute approximate surface area is 169 Å². The van der Waals surface area contributed by atoms with Crippen molar-refractivity contribution in [3.63, 3.8) is 0 Å². The minimum atomic E-state index is -0.196. The first-order chi connectivity index (χ1) is 14.2. The van der Waals surface area contributed by atoms with Crippen molar-refractivity contribution in [1.29, 1.82) is 0 Å². The highest BCUT2D eigenvalue weighted by Crippen LogP contribution is 2.28. The number of nitrogens with one attached hydrogen (secondary N) is 1. The van der Waals surface area contributed by atoms with Crippen LogP contribution >= 0.6 is 0 Å². The summed E-state index contributed by atoms with van der Waals surface area (Å²) in [7, 11) is 0. The maximum absolute atomic E-state index is 12.6. The van der Waals surface area contributed by atoms with Gasteiger partial charge in [-0.3, -0.25) is 9.69 Å². The molecule has 0 atom stereocenters. The average Bonchev–Trinajstić information content (AvgIpc) is 2.59. The number of benzene rings is 2. The second-order valence-corrected chi connectivity index (χ2v) is 7.65. The Hall–Kier alpha value is -3.09. The number of anilines is 2. The third-order valence-electron chi connectivity index (χ3n) is 5.62. The summed E-state index contributed by atoms with van der Waals surface area (Å²) in [5, 5.41) is 2.88. The molecule has 2 heterocycles. The largest absolute Gasteiger partial charge is 0.488 e. The number of amides is 1. The van der Waals surface area contributed by atoms with Crippen LogP contribution in [0, 0.1) is 0 Å². The van der Waals surface area contributed by atoms with Gasteiger partial charge in [-0.2, -0.15) is 0 Å². The fourth-order valence-electron chi connectivity index (χ4n) is 3.59. The molecule has 29 heavy (non-hydrogen) atoms. The molecule has 2 saturated heterocycles. The van der Waals surface area contributed by atoms with Crippen molar-refractivity contribution >= 4 is 22.9 Å². The van der Waals surface area contributed by atoms with Gasteiger partial charge in [0.05, 0.1) is 30.6 Å². The monoisotopic (exact) mass is 389 g/mol. The fourth-order valence-corrected chi connectivity index (χ4v) is 3.59. The zero-order chi connectivity index (χ0) is 19.8. The van der Waals surface area contributed by atoms with Gasteiger partial charge >= 0.3 is 0 Å². The smallest absolute Gasteiger partial charge is 0.255 e. The SMILES string of the molecule is Nc1cc(C2=CC=C2)ccc1NC(=O)c1ccc(OC2CN(C3COC3)C2)cc1. The molecular weight excluding hydrogens is 366 g/mol. The minimum Gasteiger partial charge on any atom is -0.488 e. The minimum absolute atomic E-state index is 0.196. The number of nitrogens with zero attached hydrogens (tertiary/aromatic N) is 1. The van der Waals surface area contributed by atoms with Crippen LogP contribution in [-0.4, -0.2) is 49.3 Å². The first-order valence-corrected chi connectivity index (χ1v) is 9.84. The van der Waals surface area contributed by atoms with Crippen LogP contribution in [-0.2, 0) is 4.74 Å². The highest BCUT2D eigenvalue weighted by molar-refractivity contribution is 6.06. The molecule has 0 aromatic heterocycles. The van der Waals surface area contributed by atoms with E-state index in [1.807, 2.05) is 48.6 Å². The van der Waals surface area contributed by atoms with E-state index < -0.39 is 0 Å². The summed E-state index contributed by atoms with van der Waals surface area (Å²) >= 11 is 0. The van der Waals surface area contributed by atoms with Crippen molar-refractivity contribution in [2.45, 2.75) is 12.1 Å². The van der Waals surface area contributed by atoms with Crippen LogP contribution in [0.25, 0.3) is 5.57 Å². The van der Waals surface area contributed by atoms with Crippen LogP contribution in [0.1, 0.15) is 15.9 Å². The third kappa shape index (κ3) is 3.64. The van der Waals surface area contributed by atoms with Gasteiger partial charge in [0.1, 0.15) is 11.9 Å². The Balaban J connectivity index is 1.16. The van der Waals surface area contributed by atoms with Crippen LogP contribution in [0.2, 0.25) is 0 Å². The molecule has 2 aliphatic heterocycles. The highest BCUT2D eigenvalue weighted by Gasteiger charge is 2.37. The van der Waals surface area contributed by atoms with E-state index in [2.05, 4.69) is 10.2 Å². The Bertz CT molecular complexity index is 987. The molecule has 0 saturated carbocycles. The predicted octanol–water partition coefficient (Wildman–Crippen LogP) is 2.94. The van der Waals surface area contributed by atoms with Crippen LogP contribution in [0.15, 0.2) is 60.7 Å². The van der Waals surface area contributed by atoms with Crippen molar-refractivity contribution in [1.82, 2.24) is 4.90 Å². The Kier molecular flexibility index (Phi) is 4.58. The first-order valence-electron chi connectivity index (χ1n) is 9.84. The van der Waals surface area contributed by atoms with Crippen LogP contribution in [0.3, 0.4) is 0 Å². The molecule has 1 amide bonds. The lowest BCUT2D eigenvalue weighted by Crippen LogP contribution is -2.62. The molecule has 2 fully saturated rings. The zero-order valence-electron chi connectivity index (χ0n) is 16.0. The van der Waals surface area contributed by atoms with Crippen molar-refractivity contribution in [2.24, 2.45) is 0 Å². The molecule has 2 aromatic carbocycles. The van der Waals surface area contributed by atoms with E-state index >= 15 is 0 Å². The van der Waals surface area contributed by atoms with Gasteiger partial charge < -0.3 is 20.5 Å². The summed E-state index contributed by atoms with van der Waals surface area (Å²) in [6.07, 6.45) is 6.24. The van der Waals surface area contributed by atoms with Gasteiger partial charge in [0, 0.05) is 18.7 Å². The molecule has 1 aliphatic carbocycles. The summed E-state index contributed by atoms with van der Waals surface area (Å²) in [4.78, 5) is 14.9. The highest BCUT2D eigenvalue weighted by atomic mass is 16.5. The molecule has 6 nitrogen and oxygen atoms in total. The number of likely N-dealkylation sites (tertiary alicyclic amines) is 1. The fraction of sp³-hybridized carbons (Fsp3) is 0.261. The maximum Gasteiger partial charge on any atom is 0.255 e. The van der Waals surface area contributed by atoms with Gasteiger partial charge in [-0.1, -0.05) is 24.3 Å². The second-order valence-electron chi connectivity index (χ2n) is 7.65. The number of carbonyl (C=O) groups is 1. The van der Waals surface area contributed by atoms with Gasteiger partial charge in [-0.15, -0.1) is 0 Å². The van der Waals surface area contributed by atoms with E-state index in [-0.39, 0.29) is 12.0 Å². The molecule has 2 aromatic rings. The third-order valence-corrected chi connectivity index (χ3v) is 5.62. The molecule has 148 valence electrons. The Morgan fingerprint density at radius 3 is 2.48 bits per heavy atom. The lowest BCUT2D eigenvalue weighted by Gasteiger charge is -2.46. The summed E-state index contributed by atoms with van der Waals surface area (Å²) in [6, 6.07) is 13.4. The summed E-state index contributed by atoms with van der Waals surface area (Å²) in [6.45, 7) is 3.52. The average molecular weight is 389 g/mol. The normalized spacial score (nSPS) is 19.0. The maximum atomic E-state index is 12.6. The number of allylic oxidation sites excluding steroid dienone is 4. The van der Waals surface area contributed by atoms with Crippen molar-refractivity contribution in [2.75, 3.05) is 37.4 Å². The van der Waals surface area contributed by atoms with Crippen LogP contribution < -0.4 is 15.8 Å². The van der Waals surface area contributed by atoms with Gasteiger partial charge in [0.15, 0.2) is 0 Å². The van der Waals surface area contributed by atoms with Gasteiger partial charge in [-0.25, -0.2) is 0 Å². The van der Waals surface area contributed by atoms with Crippen molar-refractivity contribution in [3.8, 4) is 5.75 Å². The molecule has 0 unspecified atom stereocenters. The molecule has 0 bridgehead atoms. The second kappa shape index (κ2) is 7.39. The molecule has 3 aliphatic rings.